The smallest absolute Gasteiger partial charge is 0.225 e. The maximum absolute atomic E-state index is 10.8. The maximum atomic E-state index is 10.8. The fourth-order valence-corrected chi connectivity index (χ4v) is 2.59. The lowest BCUT2D eigenvalue weighted by Gasteiger charge is -1.98. The summed E-state index contributed by atoms with van der Waals surface area (Å²) >= 11 is 1.93. The predicted molar refractivity (Wildman–Crippen MR) is 50.5 cm³/mol. The van der Waals surface area contributed by atoms with Crippen molar-refractivity contribution in [2.45, 2.75) is 4.90 Å². The molecule has 60 valence electrons. The van der Waals surface area contributed by atoms with E-state index in [0.717, 1.165) is 0 Å². The van der Waals surface area contributed by atoms with Gasteiger partial charge in [0.05, 0.1) is 4.90 Å². The molecule has 0 aromatic heterocycles. The van der Waals surface area contributed by atoms with E-state index in [1.807, 2.05) is 22.6 Å². The van der Waals surface area contributed by atoms with Crippen LogP contribution < -0.4 is 5.14 Å². The molecule has 0 saturated carbocycles. The Labute approximate surface area is 78.8 Å². The van der Waals surface area contributed by atoms with Gasteiger partial charge in [0.25, 0.3) is 0 Å². The summed E-state index contributed by atoms with van der Waals surface area (Å²) in [6.07, 6.45) is 0. The highest BCUT2D eigenvalue weighted by Gasteiger charge is 2.09. The largest absolute Gasteiger partial charge is 0.239 e. The second-order valence-electron chi connectivity index (χ2n) is 1.98. The number of nitrogens with two attached hydrogens (primary N) is 1. The molecular formula is C6H6INO2S. The molecule has 1 aromatic rings. The van der Waals surface area contributed by atoms with Crippen LogP contribution in [0.3, 0.4) is 0 Å². The molecular weight excluding hydrogens is 277 g/mol. The Kier molecular flexibility index (Phi) is 2.50. The summed E-state index contributed by atoms with van der Waals surface area (Å²) in [6, 6.07) is 6.58. The first-order valence-corrected chi connectivity index (χ1v) is 5.41. The van der Waals surface area contributed by atoms with Gasteiger partial charge in [-0.1, -0.05) is 12.1 Å². The minimum Gasteiger partial charge on any atom is -0.225 e. The minimum absolute atomic E-state index is 0.181. The summed E-state index contributed by atoms with van der Waals surface area (Å²) in [5, 5.41) is 4.93. The molecule has 0 spiro atoms. The molecule has 0 amide bonds. The Morgan fingerprint density at radius 1 is 1.27 bits per heavy atom. The van der Waals surface area contributed by atoms with Crippen LogP contribution in [0, 0.1) is 3.57 Å². The molecule has 0 radical (unpaired) electrons. The lowest BCUT2D eigenvalue weighted by atomic mass is 10.4. The molecule has 0 unspecified atom stereocenters. The predicted octanol–water partition coefficient (Wildman–Crippen LogP) is 0.939. The van der Waals surface area contributed by atoms with Crippen LogP contribution in [-0.4, -0.2) is 8.42 Å². The molecule has 1 aromatic carbocycles. The number of sulfonamides is 1. The van der Waals surface area contributed by atoms with Gasteiger partial charge in [-0.25, -0.2) is 13.6 Å². The van der Waals surface area contributed by atoms with Crippen LogP contribution in [0.5, 0.6) is 0 Å². The second-order valence-corrected chi connectivity index (χ2v) is 4.67. The second kappa shape index (κ2) is 3.08. The van der Waals surface area contributed by atoms with Crippen molar-refractivity contribution in [2.75, 3.05) is 0 Å². The number of hydrogen-bond donors (Lipinski definition) is 1. The summed E-state index contributed by atoms with van der Waals surface area (Å²) in [6.45, 7) is 0. The van der Waals surface area contributed by atoms with Gasteiger partial charge in [-0.2, -0.15) is 0 Å². The highest BCUT2D eigenvalue weighted by atomic mass is 127. The van der Waals surface area contributed by atoms with Gasteiger partial charge in [0, 0.05) is 3.57 Å². The van der Waals surface area contributed by atoms with Crippen LogP contribution in [0.2, 0.25) is 0 Å². The lowest BCUT2D eigenvalue weighted by molar-refractivity contribution is 0.597. The molecule has 0 aliphatic heterocycles. The van der Waals surface area contributed by atoms with Crippen LogP contribution in [0.1, 0.15) is 0 Å². The molecule has 11 heavy (non-hydrogen) atoms. The lowest BCUT2D eigenvalue weighted by Crippen LogP contribution is -2.13. The minimum atomic E-state index is -3.54. The fourth-order valence-electron chi connectivity index (χ4n) is 0.675. The number of halogens is 1. The number of primary sulfonamides is 1. The van der Waals surface area contributed by atoms with E-state index in [1.165, 1.54) is 6.07 Å². The average molecular weight is 283 g/mol. The molecule has 0 fully saturated rings. The zero-order valence-corrected chi connectivity index (χ0v) is 8.46. The summed E-state index contributed by atoms with van der Waals surface area (Å²) in [5.41, 5.74) is 0. The first kappa shape index (κ1) is 8.95. The Bertz CT molecular complexity index is 361. The van der Waals surface area contributed by atoms with Gasteiger partial charge in [-0.05, 0) is 34.7 Å². The Hall–Kier alpha value is -0.140. The highest BCUT2D eigenvalue weighted by molar-refractivity contribution is 14.1. The van der Waals surface area contributed by atoms with Crippen molar-refractivity contribution < 1.29 is 8.42 Å². The topological polar surface area (TPSA) is 60.2 Å². The van der Waals surface area contributed by atoms with Crippen molar-refractivity contribution in [3.05, 3.63) is 27.8 Å². The Morgan fingerprint density at radius 3 is 2.18 bits per heavy atom. The van der Waals surface area contributed by atoms with Crippen molar-refractivity contribution in [2.24, 2.45) is 5.14 Å². The normalized spacial score (nSPS) is 11.5. The fraction of sp³-hybridized carbons (Fsp3) is 0. The molecule has 0 bridgehead atoms. The van der Waals surface area contributed by atoms with Crippen LogP contribution in [-0.2, 0) is 10.0 Å². The Morgan fingerprint density at radius 2 is 1.82 bits per heavy atom. The highest BCUT2D eigenvalue weighted by Crippen LogP contribution is 2.14. The van der Waals surface area contributed by atoms with E-state index in [2.05, 4.69) is 0 Å². The van der Waals surface area contributed by atoms with Crippen LogP contribution >= 0.6 is 22.6 Å². The first-order valence-electron chi connectivity index (χ1n) is 2.79. The maximum Gasteiger partial charge on any atom is 0.239 e. The van der Waals surface area contributed by atoms with Crippen LogP contribution in [0.4, 0.5) is 0 Å². The van der Waals surface area contributed by atoms with Gasteiger partial charge in [-0.3, -0.25) is 0 Å². The SMILES string of the molecule is NS(=O)(=O)c1ccccc1I. The molecule has 5 heteroatoms. The molecule has 3 nitrogen and oxygen atoms in total. The van der Waals surface area contributed by atoms with Gasteiger partial charge in [0.1, 0.15) is 0 Å². The molecule has 2 N–H and O–H groups in total. The molecule has 0 saturated heterocycles. The van der Waals surface area contributed by atoms with E-state index in [1.54, 1.807) is 18.2 Å². The van der Waals surface area contributed by atoms with Crippen molar-refractivity contribution in [1.82, 2.24) is 0 Å². The van der Waals surface area contributed by atoms with Crippen molar-refractivity contribution in [3.8, 4) is 0 Å². The zero-order chi connectivity index (χ0) is 8.48. The number of rotatable bonds is 1. The summed E-state index contributed by atoms with van der Waals surface area (Å²) in [4.78, 5) is 0.181. The van der Waals surface area contributed by atoms with E-state index in [-0.39, 0.29) is 4.90 Å². The summed E-state index contributed by atoms with van der Waals surface area (Å²) in [5.74, 6) is 0. The third-order valence-corrected chi connectivity index (χ3v) is 3.42. The monoisotopic (exact) mass is 283 g/mol. The van der Waals surface area contributed by atoms with E-state index in [4.69, 9.17) is 5.14 Å². The Balaban J connectivity index is 3.37. The van der Waals surface area contributed by atoms with Gasteiger partial charge >= 0.3 is 0 Å². The summed E-state index contributed by atoms with van der Waals surface area (Å²) < 4.78 is 22.3. The molecule has 0 atom stereocenters. The number of benzene rings is 1. The van der Waals surface area contributed by atoms with E-state index >= 15 is 0 Å². The van der Waals surface area contributed by atoms with Gasteiger partial charge in [0.2, 0.25) is 10.0 Å². The standard InChI is InChI=1S/C6H6INO2S/c7-5-3-1-2-4-6(5)11(8,9)10/h1-4H,(H2,8,9,10). The third-order valence-electron chi connectivity index (χ3n) is 1.14. The number of hydrogen-bond acceptors (Lipinski definition) is 2. The van der Waals surface area contributed by atoms with Gasteiger partial charge in [0.15, 0.2) is 0 Å². The molecule has 1 rings (SSSR count). The van der Waals surface area contributed by atoms with Crippen molar-refractivity contribution >= 4 is 32.6 Å². The molecule has 0 heterocycles. The first-order chi connectivity index (χ1) is 5.02. The summed E-state index contributed by atoms with van der Waals surface area (Å²) in [7, 11) is -3.54. The van der Waals surface area contributed by atoms with Crippen molar-refractivity contribution in [1.29, 1.82) is 0 Å². The molecule has 0 aliphatic carbocycles. The van der Waals surface area contributed by atoms with Crippen molar-refractivity contribution in [3.63, 3.8) is 0 Å². The average Bonchev–Trinajstić information content (AvgIpc) is 1.86. The quantitative estimate of drug-likeness (QED) is 0.780. The zero-order valence-electron chi connectivity index (χ0n) is 5.49. The van der Waals surface area contributed by atoms with E-state index < -0.39 is 10.0 Å². The molecule has 0 aliphatic rings. The third kappa shape index (κ3) is 2.14. The van der Waals surface area contributed by atoms with E-state index in [9.17, 15) is 8.42 Å². The van der Waals surface area contributed by atoms with E-state index in [0.29, 0.717) is 3.57 Å². The van der Waals surface area contributed by atoms with Gasteiger partial charge < -0.3 is 0 Å². The van der Waals surface area contributed by atoms with Crippen LogP contribution in [0.25, 0.3) is 0 Å². The van der Waals surface area contributed by atoms with Gasteiger partial charge in [-0.15, -0.1) is 0 Å². The van der Waals surface area contributed by atoms with Crippen LogP contribution in [0.15, 0.2) is 29.2 Å².